The summed E-state index contributed by atoms with van der Waals surface area (Å²) in [6, 6.07) is 12.5. The average molecular weight is 393 g/mol. The van der Waals surface area contributed by atoms with E-state index in [1.807, 2.05) is 58.9 Å². The third-order valence-electron chi connectivity index (χ3n) is 5.45. The lowest BCUT2D eigenvalue weighted by Crippen LogP contribution is -2.54. The molecule has 0 aliphatic carbocycles. The lowest BCUT2D eigenvalue weighted by atomic mass is 9.94. The van der Waals surface area contributed by atoms with Crippen molar-refractivity contribution in [2.24, 2.45) is 0 Å². The number of ether oxygens (including phenoxy) is 1. The van der Waals surface area contributed by atoms with Gasteiger partial charge in [-0.2, -0.15) is 5.26 Å². The highest BCUT2D eigenvalue weighted by Gasteiger charge is 2.57. The van der Waals surface area contributed by atoms with E-state index in [1.54, 1.807) is 17.0 Å². The van der Waals surface area contributed by atoms with Crippen LogP contribution in [0.3, 0.4) is 0 Å². The summed E-state index contributed by atoms with van der Waals surface area (Å²) in [5, 5.41) is 10.8. The number of urea groups is 1. The summed E-state index contributed by atoms with van der Waals surface area (Å²) in [4.78, 5) is 29.9. The molecule has 3 amide bonds. The van der Waals surface area contributed by atoms with Crippen molar-refractivity contribution in [2.75, 3.05) is 18.1 Å². The number of amides is 3. The van der Waals surface area contributed by atoms with E-state index in [2.05, 4.69) is 6.07 Å². The molecule has 2 aromatic rings. The number of carbonyl (C=O) groups excluding carboxylic acids is 2. The Hall–Kier alpha value is -2.91. The average Bonchev–Trinajstić information content (AvgIpc) is 2.91. The van der Waals surface area contributed by atoms with Crippen LogP contribution in [0, 0.1) is 11.3 Å². The van der Waals surface area contributed by atoms with Crippen LogP contribution in [-0.4, -0.2) is 41.1 Å². The molecular weight excluding hydrogens is 366 g/mol. The maximum absolute atomic E-state index is 13.7. The van der Waals surface area contributed by atoms with Gasteiger partial charge in [0.05, 0.1) is 29.5 Å². The minimum atomic E-state index is -1.05. The minimum absolute atomic E-state index is 0.135. The number of benzene rings is 2. The van der Waals surface area contributed by atoms with Gasteiger partial charge in [-0.1, -0.05) is 31.2 Å². The Balaban J connectivity index is 2.15. The minimum Gasteiger partial charge on any atom is -0.373 e. The van der Waals surface area contributed by atoms with Crippen LogP contribution in [-0.2, 0) is 9.53 Å². The number of anilines is 1. The largest absolute Gasteiger partial charge is 0.373 e. The van der Waals surface area contributed by atoms with Crippen LogP contribution in [0.25, 0.3) is 10.8 Å². The van der Waals surface area contributed by atoms with Gasteiger partial charge >= 0.3 is 6.03 Å². The van der Waals surface area contributed by atoms with E-state index in [-0.39, 0.29) is 18.5 Å². The first-order valence-corrected chi connectivity index (χ1v) is 9.92. The van der Waals surface area contributed by atoms with E-state index in [0.717, 1.165) is 5.39 Å². The number of likely N-dealkylation sites (N-methyl/N-ethyl adjacent to an activating group) is 1. The van der Waals surface area contributed by atoms with Gasteiger partial charge in [0.15, 0.2) is 0 Å². The molecule has 3 rings (SSSR count). The predicted molar refractivity (Wildman–Crippen MR) is 113 cm³/mol. The first kappa shape index (κ1) is 20.8. The van der Waals surface area contributed by atoms with Gasteiger partial charge in [0.1, 0.15) is 5.54 Å². The summed E-state index contributed by atoms with van der Waals surface area (Å²) in [6.45, 7) is 10.1. The van der Waals surface area contributed by atoms with Gasteiger partial charge in [-0.15, -0.1) is 0 Å². The van der Waals surface area contributed by atoms with Crippen molar-refractivity contribution in [1.82, 2.24) is 4.90 Å². The van der Waals surface area contributed by atoms with Crippen molar-refractivity contribution in [1.29, 1.82) is 5.26 Å². The number of fused-ring (bicyclic) bond motifs is 1. The quantitative estimate of drug-likeness (QED) is 0.703. The van der Waals surface area contributed by atoms with Crippen molar-refractivity contribution in [3.05, 3.63) is 42.0 Å². The SMILES string of the molecule is CCN1C(=O)N(c2ccc(C#N)c3ccccc23)C(=O)C1(CC)COC(C)(C)C. The third kappa shape index (κ3) is 3.36. The number of carbonyl (C=O) groups is 2. The van der Waals surface area contributed by atoms with Gasteiger partial charge in [0.2, 0.25) is 0 Å². The zero-order valence-electron chi connectivity index (χ0n) is 17.7. The lowest BCUT2D eigenvalue weighted by molar-refractivity contribution is -0.132. The normalized spacial score (nSPS) is 19.9. The van der Waals surface area contributed by atoms with Crippen LogP contribution in [0.15, 0.2) is 36.4 Å². The summed E-state index contributed by atoms with van der Waals surface area (Å²) in [7, 11) is 0. The molecule has 0 radical (unpaired) electrons. The number of rotatable bonds is 5. The Kier molecular flexibility index (Phi) is 5.38. The van der Waals surface area contributed by atoms with Crippen LogP contribution in [0.4, 0.5) is 10.5 Å². The second-order valence-electron chi connectivity index (χ2n) is 8.24. The zero-order valence-corrected chi connectivity index (χ0v) is 17.7. The van der Waals surface area contributed by atoms with Gasteiger partial charge in [-0.25, -0.2) is 9.69 Å². The summed E-state index contributed by atoms with van der Waals surface area (Å²) in [5.41, 5.74) is -0.471. The molecule has 0 aromatic heterocycles. The molecular formula is C23H27N3O3. The molecule has 0 saturated carbocycles. The van der Waals surface area contributed by atoms with E-state index >= 15 is 0 Å². The molecule has 1 atom stereocenters. The highest BCUT2D eigenvalue weighted by molar-refractivity contribution is 6.26. The van der Waals surface area contributed by atoms with Gasteiger partial charge in [0, 0.05) is 17.3 Å². The second kappa shape index (κ2) is 7.49. The maximum atomic E-state index is 13.7. The predicted octanol–water partition coefficient (Wildman–Crippen LogP) is 4.46. The van der Waals surface area contributed by atoms with Crippen LogP contribution >= 0.6 is 0 Å². The van der Waals surface area contributed by atoms with Crippen molar-refractivity contribution < 1.29 is 14.3 Å². The molecule has 1 aliphatic rings. The highest BCUT2D eigenvalue weighted by atomic mass is 16.5. The van der Waals surface area contributed by atoms with E-state index in [1.165, 1.54) is 4.90 Å². The van der Waals surface area contributed by atoms with E-state index < -0.39 is 11.1 Å². The Morgan fingerprint density at radius 1 is 1.07 bits per heavy atom. The summed E-state index contributed by atoms with van der Waals surface area (Å²) >= 11 is 0. The Labute approximate surface area is 171 Å². The van der Waals surface area contributed by atoms with Crippen LogP contribution in [0.2, 0.25) is 0 Å². The number of imide groups is 1. The third-order valence-corrected chi connectivity index (χ3v) is 5.45. The first-order chi connectivity index (χ1) is 13.7. The monoisotopic (exact) mass is 393 g/mol. The molecule has 0 spiro atoms. The number of hydrogen-bond acceptors (Lipinski definition) is 4. The molecule has 29 heavy (non-hydrogen) atoms. The van der Waals surface area contributed by atoms with Crippen LogP contribution in [0.5, 0.6) is 0 Å². The molecule has 152 valence electrons. The molecule has 1 heterocycles. The van der Waals surface area contributed by atoms with Crippen LogP contribution < -0.4 is 4.90 Å². The molecule has 1 unspecified atom stereocenters. The number of hydrogen-bond donors (Lipinski definition) is 0. The Bertz CT molecular complexity index is 1000. The molecule has 1 aliphatic heterocycles. The van der Waals surface area contributed by atoms with E-state index in [9.17, 15) is 14.9 Å². The van der Waals surface area contributed by atoms with E-state index in [0.29, 0.717) is 29.6 Å². The van der Waals surface area contributed by atoms with Gasteiger partial charge in [0.25, 0.3) is 5.91 Å². The van der Waals surface area contributed by atoms with Crippen LogP contribution in [0.1, 0.15) is 46.6 Å². The fraction of sp³-hybridized carbons (Fsp3) is 0.435. The first-order valence-electron chi connectivity index (χ1n) is 9.92. The molecule has 6 nitrogen and oxygen atoms in total. The van der Waals surface area contributed by atoms with Gasteiger partial charge < -0.3 is 9.64 Å². The van der Waals surface area contributed by atoms with E-state index in [4.69, 9.17) is 4.74 Å². The smallest absolute Gasteiger partial charge is 0.332 e. The summed E-state index contributed by atoms with van der Waals surface area (Å²) < 4.78 is 5.98. The summed E-state index contributed by atoms with van der Waals surface area (Å²) in [6.07, 6.45) is 0.451. The molecule has 2 aromatic carbocycles. The Morgan fingerprint density at radius 2 is 1.72 bits per heavy atom. The molecule has 0 bridgehead atoms. The highest BCUT2D eigenvalue weighted by Crippen LogP contribution is 2.39. The lowest BCUT2D eigenvalue weighted by Gasteiger charge is -2.35. The van der Waals surface area contributed by atoms with Crippen molar-refractivity contribution in [2.45, 2.75) is 52.2 Å². The molecule has 1 saturated heterocycles. The molecule has 6 heteroatoms. The number of nitriles is 1. The second-order valence-corrected chi connectivity index (χ2v) is 8.24. The number of nitrogens with zero attached hydrogens (tertiary/aromatic N) is 3. The van der Waals surface area contributed by atoms with Crippen molar-refractivity contribution >= 4 is 28.4 Å². The Morgan fingerprint density at radius 3 is 2.28 bits per heavy atom. The topological polar surface area (TPSA) is 73.6 Å². The fourth-order valence-electron chi connectivity index (χ4n) is 3.86. The fourth-order valence-corrected chi connectivity index (χ4v) is 3.86. The van der Waals surface area contributed by atoms with Gasteiger partial charge in [-0.3, -0.25) is 4.79 Å². The maximum Gasteiger partial charge on any atom is 0.332 e. The van der Waals surface area contributed by atoms with Crippen molar-refractivity contribution in [3.63, 3.8) is 0 Å². The summed E-state index contributed by atoms with van der Waals surface area (Å²) in [5.74, 6) is -0.286. The molecule has 0 N–H and O–H groups in total. The van der Waals surface area contributed by atoms with Crippen molar-refractivity contribution in [3.8, 4) is 6.07 Å². The standard InChI is InChI=1S/C23H27N3O3/c1-6-23(15-29-22(3,4)5)20(27)26(21(28)25(23)7-2)19-13-12-16(14-24)17-10-8-9-11-18(17)19/h8-13H,6-7,15H2,1-5H3. The zero-order chi connectivity index (χ0) is 21.4. The molecule has 1 fully saturated rings. The van der Waals surface area contributed by atoms with Gasteiger partial charge in [-0.05, 0) is 46.2 Å².